The topological polar surface area (TPSA) is 94.2 Å². The van der Waals surface area contributed by atoms with Crippen LogP contribution in [0.2, 0.25) is 0 Å². The highest BCUT2D eigenvalue weighted by atomic mass is 16.5. The predicted molar refractivity (Wildman–Crippen MR) is 132 cm³/mol. The summed E-state index contributed by atoms with van der Waals surface area (Å²) in [6, 6.07) is 11.5. The lowest BCUT2D eigenvalue weighted by atomic mass is 10.1. The maximum atomic E-state index is 13.3. The van der Waals surface area contributed by atoms with Gasteiger partial charge in [0.05, 0.1) is 18.5 Å². The molecule has 180 valence electrons. The Labute approximate surface area is 203 Å². The molecule has 1 aromatic carbocycles. The van der Waals surface area contributed by atoms with Gasteiger partial charge in [0.2, 0.25) is 0 Å². The summed E-state index contributed by atoms with van der Waals surface area (Å²) in [5.41, 5.74) is 4.24. The maximum absolute atomic E-state index is 13.3. The smallest absolute Gasteiger partial charge is 0.272 e. The second-order valence-electron chi connectivity index (χ2n) is 8.57. The summed E-state index contributed by atoms with van der Waals surface area (Å²) in [4.78, 5) is 30.6. The van der Waals surface area contributed by atoms with Gasteiger partial charge in [0.25, 0.3) is 5.91 Å². The van der Waals surface area contributed by atoms with Crippen molar-refractivity contribution in [2.24, 2.45) is 7.05 Å². The van der Waals surface area contributed by atoms with Crippen LogP contribution in [0.15, 0.2) is 49.1 Å². The van der Waals surface area contributed by atoms with E-state index in [2.05, 4.69) is 25.0 Å². The Morgan fingerprint density at radius 1 is 0.971 bits per heavy atom. The van der Waals surface area contributed by atoms with Crippen molar-refractivity contribution in [2.75, 3.05) is 38.2 Å². The number of hydrogen-bond acceptors (Lipinski definition) is 7. The van der Waals surface area contributed by atoms with Crippen molar-refractivity contribution in [3.8, 4) is 22.8 Å². The second kappa shape index (κ2) is 9.21. The van der Waals surface area contributed by atoms with Crippen LogP contribution < -0.4 is 9.64 Å². The van der Waals surface area contributed by atoms with Crippen molar-refractivity contribution in [1.82, 2.24) is 34.2 Å². The fourth-order valence-electron chi connectivity index (χ4n) is 4.26. The fourth-order valence-corrected chi connectivity index (χ4v) is 4.26. The SMILES string of the molecule is COc1cccc(-c2cc(C(=O)N3CCN(c4cc(-n5cnc(C)c5C)ncn4)CC3)n(C)n2)c1. The Hall–Kier alpha value is -4.21. The molecule has 0 atom stereocenters. The van der Waals surface area contributed by atoms with Crippen molar-refractivity contribution >= 4 is 11.7 Å². The van der Waals surface area contributed by atoms with Crippen LogP contribution in [0, 0.1) is 13.8 Å². The number of benzene rings is 1. The predicted octanol–water partition coefficient (Wildman–Crippen LogP) is 2.65. The van der Waals surface area contributed by atoms with Crippen LogP contribution in [0.5, 0.6) is 5.75 Å². The summed E-state index contributed by atoms with van der Waals surface area (Å²) in [7, 11) is 3.43. The lowest BCUT2D eigenvalue weighted by molar-refractivity contribution is 0.0735. The van der Waals surface area contributed by atoms with E-state index in [4.69, 9.17) is 4.74 Å². The van der Waals surface area contributed by atoms with Gasteiger partial charge >= 0.3 is 0 Å². The number of methoxy groups -OCH3 is 1. The zero-order chi connectivity index (χ0) is 24.5. The Morgan fingerprint density at radius 2 is 1.74 bits per heavy atom. The van der Waals surface area contributed by atoms with Crippen LogP contribution >= 0.6 is 0 Å². The molecular weight excluding hydrogens is 444 g/mol. The van der Waals surface area contributed by atoms with Crippen LogP contribution in [0.25, 0.3) is 17.1 Å². The highest BCUT2D eigenvalue weighted by Gasteiger charge is 2.26. The minimum Gasteiger partial charge on any atom is -0.497 e. The van der Waals surface area contributed by atoms with Crippen molar-refractivity contribution in [2.45, 2.75) is 13.8 Å². The number of aromatic nitrogens is 6. The Balaban J connectivity index is 1.28. The number of hydrogen-bond donors (Lipinski definition) is 0. The third-order valence-corrected chi connectivity index (χ3v) is 6.49. The summed E-state index contributed by atoms with van der Waals surface area (Å²) >= 11 is 0. The average molecular weight is 473 g/mol. The second-order valence-corrected chi connectivity index (χ2v) is 8.57. The number of carbonyl (C=O) groups is 1. The van der Waals surface area contributed by atoms with Crippen molar-refractivity contribution < 1.29 is 9.53 Å². The normalized spacial score (nSPS) is 13.8. The number of carbonyl (C=O) groups excluding carboxylic acids is 1. The molecule has 4 aromatic rings. The molecule has 0 N–H and O–H groups in total. The molecule has 0 bridgehead atoms. The van der Waals surface area contributed by atoms with Crippen LogP contribution in [0.4, 0.5) is 5.82 Å². The number of piperazine rings is 1. The third-order valence-electron chi connectivity index (χ3n) is 6.49. The minimum absolute atomic E-state index is 0.0262. The van der Waals surface area contributed by atoms with E-state index in [-0.39, 0.29) is 5.91 Å². The van der Waals surface area contributed by atoms with Crippen molar-refractivity contribution in [3.63, 3.8) is 0 Å². The highest BCUT2D eigenvalue weighted by Crippen LogP contribution is 2.24. The first-order valence-electron chi connectivity index (χ1n) is 11.5. The van der Waals surface area contributed by atoms with Gasteiger partial charge < -0.3 is 14.5 Å². The Morgan fingerprint density at radius 3 is 2.46 bits per heavy atom. The highest BCUT2D eigenvalue weighted by molar-refractivity contribution is 5.94. The van der Waals surface area contributed by atoms with Gasteiger partial charge in [0.15, 0.2) is 0 Å². The lowest BCUT2D eigenvalue weighted by Crippen LogP contribution is -2.49. The van der Waals surface area contributed by atoms with Gasteiger partial charge in [-0.15, -0.1) is 0 Å². The van der Waals surface area contributed by atoms with E-state index in [0.717, 1.165) is 40.0 Å². The summed E-state index contributed by atoms with van der Waals surface area (Å²) < 4.78 is 8.92. The molecule has 1 aliphatic heterocycles. The molecule has 0 spiro atoms. The molecule has 1 saturated heterocycles. The van der Waals surface area contributed by atoms with Crippen LogP contribution in [0.1, 0.15) is 21.9 Å². The average Bonchev–Trinajstić information content (AvgIpc) is 3.45. The molecule has 0 aliphatic carbocycles. The van der Waals surface area contributed by atoms with E-state index in [1.807, 2.05) is 59.7 Å². The third kappa shape index (κ3) is 4.34. The zero-order valence-corrected chi connectivity index (χ0v) is 20.3. The van der Waals surface area contributed by atoms with Gasteiger partial charge in [-0.1, -0.05) is 12.1 Å². The van der Waals surface area contributed by atoms with Gasteiger partial charge in [-0.25, -0.2) is 15.0 Å². The quantitative estimate of drug-likeness (QED) is 0.441. The number of ether oxygens (including phenoxy) is 1. The first-order valence-corrected chi connectivity index (χ1v) is 11.5. The van der Waals surface area contributed by atoms with Crippen molar-refractivity contribution in [3.05, 3.63) is 66.1 Å². The maximum Gasteiger partial charge on any atom is 0.272 e. The molecule has 10 nitrogen and oxygen atoms in total. The largest absolute Gasteiger partial charge is 0.497 e. The zero-order valence-electron chi connectivity index (χ0n) is 20.3. The van der Waals surface area contributed by atoms with Gasteiger partial charge in [-0.3, -0.25) is 14.0 Å². The first-order chi connectivity index (χ1) is 16.9. The molecule has 10 heteroatoms. The molecule has 0 saturated carbocycles. The van der Waals surface area contributed by atoms with Crippen molar-refractivity contribution in [1.29, 1.82) is 0 Å². The number of anilines is 1. The molecule has 1 fully saturated rings. The minimum atomic E-state index is -0.0262. The fraction of sp³-hybridized carbons (Fsp3) is 0.320. The molecule has 1 amide bonds. The lowest BCUT2D eigenvalue weighted by Gasteiger charge is -2.35. The van der Waals surface area contributed by atoms with Gasteiger partial charge in [0.1, 0.15) is 35.7 Å². The molecule has 1 aliphatic rings. The Bertz CT molecular complexity index is 1370. The first kappa shape index (κ1) is 22.6. The number of aryl methyl sites for hydroxylation is 2. The van der Waals surface area contributed by atoms with E-state index >= 15 is 0 Å². The standard InChI is InChI=1S/C25H28N8O2/c1-17-18(2)33(16-28-17)24-14-23(26-15-27-24)31-8-10-32(11-9-31)25(34)22-13-21(29-30(22)3)19-6-5-7-20(12-19)35-4/h5-7,12-16H,8-11H2,1-4H3. The number of rotatable bonds is 5. The number of amides is 1. The van der Waals surface area contributed by atoms with E-state index < -0.39 is 0 Å². The summed E-state index contributed by atoms with van der Waals surface area (Å²) in [6.45, 7) is 6.57. The van der Waals surface area contributed by atoms with E-state index in [0.29, 0.717) is 31.9 Å². The number of nitrogens with zero attached hydrogens (tertiary/aromatic N) is 8. The molecule has 4 heterocycles. The number of imidazole rings is 1. The monoisotopic (exact) mass is 472 g/mol. The molecule has 5 rings (SSSR count). The Kier molecular flexibility index (Phi) is 5.94. The van der Waals surface area contributed by atoms with Gasteiger partial charge in [0, 0.05) is 50.6 Å². The molecular formula is C25H28N8O2. The van der Waals surface area contributed by atoms with E-state index in [1.165, 1.54) is 0 Å². The van der Waals surface area contributed by atoms with Crippen LogP contribution in [-0.4, -0.2) is 73.4 Å². The van der Waals surface area contributed by atoms with Crippen LogP contribution in [0.3, 0.4) is 0 Å². The molecule has 3 aromatic heterocycles. The summed E-state index contributed by atoms with van der Waals surface area (Å²) in [6.07, 6.45) is 3.35. The summed E-state index contributed by atoms with van der Waals surface area (Å²) in [5.74, 6) is 2.35. The van der Waals surface area contributed by atoms with E-state index in [9.17, 15) is 4.79 Å². The summed E-state index contributed by atoms with van der Waals surface area (Å²) in [5, 5.41) is 4.56. The van der Waals surface area contributed by atoms with Gasteiger partial charge in [-0.2, -0.15) is 5.10 Å². The molecule has 0 radical (unpaired) electrons. The molecule has 0 unspecified atom stereocenters. The van der Waals surface area contributed by atoms with E-state index in [1.54, 1.807) is 31.5 Å². The molecule has 35 heavy (non-hydrogen) atoms. The van der Waals surface area contributed by atoms with Gasteiger partial charge in [-0.05, 0) is 32.0 Å². The van der Waals surface area contributed by atoms with Crippen LogP contribution in [-0.2, 0) is 7.05 Å².